The zero-order valence-electron chi connectivity index (χ0n) is 14.4. The molecule has 0 spiro atoms. The lowest BCUT2D eigenvalue weighted by Crippen LogP contribution is -2.52. The van der Waals surface area contributed by atoms with Crippen LogP contribution in [-0.4, -0.2) is 37.2 Å². The Morgan fingerprint density at radius 1 is 1.38 bits per heavy atom. The van der Waals surface area contributed by atoms with E-state index in [-0.39, 0.29) is 29.6 Å². The lowest BCUT2D eigenvalue weighted by atomic mass is 9.79. The van der Waals surface area contributed by atoms with Gasteiger partial charge in [-0.2, -0.15) is 8.78 Å². The molecule has 1 aliphatic rings. The Morgan fingerprint density at radius 3 is 2.67 bits per heavy atom. The van der Waals surface area contributed by atoms with Gasteiger partial charge in [-0.1, -0.05) is 26.0 Å². The second-order valence-corrected chi connectivity index (χ2v) is 6.65. The van der Waals surface area contributed by atoms with Crippen molar-refractivity contribution in [3.63, 3.8) is 0 Å². The number of piperidine rings is 1. The summed E-state index contributed by atoms with van der Waals surface area (Å²) >= 11 is 0. The Labute approximate surface area is 148 Å². The number of alkyl halides is 2. The van der Waals surface area contributed by atoms with E-state index in [4.69, 9.17) is 15.2 Å². The summed E-state index contributed by atoms with van der Waals surface area (Å²) in [5, 5.41) is 0. The van der Waals surface area contributed by atoms with Crippen molar-refractivity contribution in [2.24, 2.45) is 11.1 Å². The number of hydrogen-bond donors (Lipinski definition) is 1. The van der Waals surface area contributed by atoms with Crippen molar-refractivity contribution in [2.45, 2.75) is 46.4 Å². The average molecular weight is 365 g/mol. The summed E-state index contributed by atoms with van der Waals surface area (Å²) in [5.74, 6) is 0.496. The molecule has 1 aromatic rings. The summed E-state index contributed by atoms with van der Waals surface area (Å²) in [4.78, 5) is 2.23. The average Bonchev–Trinajstić information content (AvgIpc) is 2.46. The maximum atomic E-state index is 12.8. The number of likely N-dealkylation sites (tertiary alicyclic amines) is 1. The minimum Gasteiger partial charge on any atom is -0.490 e. The molecule has 2 N–H and O–H groups in total. The van der Waals surface area contributed by atoms with Gasteiger partial charge in [0.05, 0.1) is 6.61 Å². The van der Waals surface area contributed by atoms with Crippen LogP contribution < -0.4 is 15.2 Å². The van der Waals surface area contributed by atoms with Crippen molar-refractivity contribution in [1.29, 1.82) is 0 Å². The van der Waals surface area contributed by atoms with Crippen LogP contribution in [-0.2, 0) is 6.54 Å². The first-order valence-electron chi connectivity index (χ1n) is 8.01. The van der Waals surface area contributed by atoms with E-state index in [0.29, 0.717) is 24.5 Å². The van der Waals surface area contributed by atoms with Crippen LogP contribution in [0.3, 0.4) is 0 Å². The quantitative estimate of drug-likeness (QED) is 0.836. The maximum absolute atomic E-state index is 12.8. The van der Waals surface area contributed by atoms with Crippen LogP contribution in [0.25, 0.3) is 0 Å². The first-order chi connectivity index (χ1) is 10.8. The number of ether oxygens (including phenoxy) is 2. The van der Waals surface area contributed by atoms with Gasteiger partial charge >= 0.3 is 6.61 Å². The third-order valence-corrected chi connectivity index (χ3v) is 4.35. The molecule has 1 saturated heterocycles. The molecule has 0 amide bonds. The molecule has 2 rings (SSSR count). The van der Waals surface area contributed by atoms with Gasteiger partial charge in [-0.3, -0.25) is 4.90 Å². The lowest BCUT2D eigenvalue weighted by molar-refractivity contribution is -0.0526. The smallest absolute Gasteiger partial charge is 0.387 e. The number of hydrogen-bond acceptors (Lipinski definition) is 4. The van der Waals surface area contributed by atoms with Gasteiger partial charge in [0, 0.05) is 31.2 Å². The zero-order chi connectivity index (χ0) is 17.0. The van der Waals surface area contributed by atoms with Crippen LogP contribution in [0.15, 0.2) is 18.2 Å². The second kappa shape index (κ2) is 8.83. The molecule has 1 atom stereocenters. The number of nitrogens with two attached hydrogens (primary N) is 1. The molecular weight excluding hydrogens is 338 g/mol. The van der Waals surface area contributed by atoms with Crippen molar-refractivity contribution < 1.29 is 18.3 Å². The van der Waals surface area contributed by atoms with Gasteiger partial charge in [-0.25, -0.2) is 0 Å². The third-order valence-electron chi connectivity index (χ3n) is 4.35. The third kappa shape index (κ3) is 5.19. The van der Waals surface area contributed by atoms with Crippen molar-refractivity contribution in [1.82, 2.24) is 4.90 Å². The van der Waals surface area contributed by atoms with Crippen LogP contribution in [0.5, 0.6) is 11.5 Å². The summed E-state index contributed by atoms with van der Waals surface area (Å²) in [6.45, 7) is 5.81. The molecule has 0 radical (unpaired) electrons. The first-order valence-corrected chi connectivity index (χ1v) is 8.01. The highest BCUT2D eigenvalue weighted by atomic mass is 35.5. The van der Waals surface area contributed by atoms with Crippen LogP contribution in [0.2, 0.25) is 0 Å². The topological polar surface area (TPSA) is 47.7 Å². The monoisotopic (exact) mass is 364 g/mol. The molecule has 1 fully saturated rings. The van der Waals surface area contributed by atoms with Gasteiger partial charge in [0.25, 0.3) is 0 Å². The minimum absolute atomic E-state index is 0. The number of rotatable bonds is 6. The van der Waals surface area contributed by atoms with Crippen LogP contribution in [0.1, 0.15) is 32.8 Å². The fraction of sp³-hybridized carbons (Fsp3) is 0.647. The Kier molecular flexibility index (Phi) is 7.70. The van der Waals surface area contributed by atoms with Crippen LogP contribution in [0.4, 0.5) is 8.78 Å². The lowest BCUT2D eigenvalue weighted by Gasteiger charge is -2.42. The van der Waals surface area contributed by atoms with Gasteiger partial charge in [-0.05, 0) is 24.8 Å². The van der Waals surface area contributed by atoms with Gasteiger partial charge in [0.15, 0.2) is 11.5 Å². The van der Waals surface area contributed by atoms with Gasteiger partial charge in [0.2, 0.25) is 0 Å². The van der Waals surface area contributed by atoms with E-state index in [2.05, 4.69) is 18.7 Å². The molecule has 0 saturated carbocycles. The number of para-hydroxylation sites is 1. The molecule has 0 aliphatic carbocycles. The van der Waals surface area contributed by atoms with Crippen LogP contribution in [0, 0.1) is 5.41 Å². The van der Waals surface area contributed by atoms with Crippen molar-refractivity contribution in [3.8, 4) is 11.5 Å². The van der Waals surface area contributed by atoms with Crippen molar-refractivity contribution in [2.75, 3.05) is 19.7 Å². The summed E-state index contributed by atoms with van der Waals surface area (Å²) in [6.07, 6.45) is 0.892. The van der Waals surface area contributed by atoms with E-state index in [1.54, 1.807) is 12.1 Å². The SMILES string of the molecule is CCOc1cccc(CN2CCC(N)C(C)(C)C2)c1OC(F)F.Cl. The molecule has 24 heavy (non-hydrogen) atoms. The Bertz CT molecular complexity index is 529. The van der Waals surface area contributed by atoms with Gasteiger partial charge in [-0.15, -0.1) is 12.4 Å². The fourth-order valence-corrected chi connectivity index (χ4v) is 3.04. The Morgan fingerprint density at radius 2 is 2.08 bits per heavy atom. The summed E-state index contributed by atoms with van der Waals surface area (Å²) < 4.78 is 35.7. The molecule has 1 unspecified atom stereocenters. The number of halogens is 3. The standard InChI is InChI=1S/C17H26F2N2O2.ClH/c1-4-22-13-7-5-6-12(15(13)23-16(18)19)10-21-9-8-14(20)17(2,3)11-21;/h5-7,14,16H,4,8-11,20H2,1-3H3;1H. The van der Waals surface area contributed by atoms with E-state index >= 15 is 0 Å². The molecular formula is C17H27ClF2N2O2. The summed E-state index contributed by atoms with van der Waals surface area (Å²) in [7, 11) is 0. The van der Waals surface area contributed by atoms with Gasteiger partial charge in [0.1, 0.15) is 0 Å². The Balaban J connectivity index is 0.00000288. The molecule has 7 heteroatoms. The highest BCUT2D eigenvalue weighted by molar-refractivity contribution is 5.85. The molecule has 138 valence electrons. The zero-order valence-corrected chi connectivity index (χ0v) is 15.2. The van der Waals surface area contributed by atoms with E-state index < -0.39 is 6.61 Å². The van der Waals surface area contributed by atoms with Crippen molar-refractivity contribution >= 4 is 12.4 Å². The molecule has 0 bridgehead atoms. The molecule has 0 aromatic heterocycles. The minimum atomic E-state index is -2.87. The first kappa shape index (κ1) is 20.9. The van der Waals surface area contributed by atoms with E-state index in [1.807, 2.05) is 13.0 Å². The molecule has 1 aliphatic heterocycles. The van der Waals surface area contributed by atoms with E-state index in [1.165, 1.54) is 0 Å². The normalized spacial score (nSPS) is 20.5. The van der Waals surface area contributed by atoms with Gasteiger partial charge < -0.3 is 15.2 Å². The van der Waals surface area contributed by atoms with Crippen LogP contribution >= 0.6 is 12.4 Å². The molecule has 1 aromatic carbocycles. The highest BCUT2D eigenvalue weighted by Gasteiger charge is 2.33. The predicted octanol–water partition coefficient (Wildman–Crippen LogP) is 3.67. The summed E-state index contributed by atoms with van der Waals surface area (Å²) in [5.41, 5.74) is 6.87. The molecule has 1 heterocycles. The second-order valence-electron chi connectivity index (χ2n) is 6.65. The van der Waals surface area contributed by atoms with E-state index in [0.717, 1.165) is 19.5 Å². The predicted molar refractivity (Wildman–Crippen MR) is 93.1 cm³/mol. The largest absolute Gasteiger partial charge is 0.490 e. The summed E-state index contributed by atoms with van der Waals surface area (Å²) in [6, 6.07) is 5.42. The maximum Gasteiger partial charge on any atom is 0.387 e. The van der Waals surface area contributed by atoms with Crippen molar-refractivity contribution in [3.05, 3.63) is 23.8 Å². The Hall–Kier alpha value is -1.11. The van der Waals surface area contributed by atoms with E-state index in [9.17, 15) is 8.78 Å². The molecule has 4 nitrogen and oxygen atoms in total. The highest BCUT2D eigenvalue weighted by Crippen LogP contribution is 2.35. The number of benzene rings is 1. The number of nitrogens with zero attached hydrogens (tertiary/aromatic N) is 1. The fourth-order valence-electron chi connectivity index (χ4n) is 3.04.